The van der Waals surface area contributed by atoms with Crippen LogP contribution in [-0.2, 0) is 4.79 Å². The van der Waals surface area contributed by atoms with Crippen molar-refractivity contribution in [3.05, 3.63) is 35.4 Å². The lowest BCUT2D eigenvalue weighted by atomic mass is 9.91. The number of imide groups is 1. The molecule has 1 aromatic rings. The van der Waals surface area contributed by atoms with Gasteiger partial charge in [-0.05, 0) is 36.3 Å². The van der Waals surface area contributed by atoms with Crippen LogP contribution in [0.1, 0.15) is 64.1 Å². The maximum absolute atomic E-state index is 12.0. The summed E-state index contributed by atoms with van der Waals surface area (Å²) in [5.41, 5.74) is 2.48. The number of urea groups is 1. The lowest BCUT2D eigenvalue weighted by Crippen LogP contribution is -2.48. The van der Waals surface area contributed by atoms with E-state index in [0.717, 1.165) is 12.0 Å². The van der Waals surface area contributed by atoms with Gasteiger partial charge in [-0.25, -0.2) is 4.79 Å². The summed E-state index contributed by atoms with van der Waals surface area (Å²) >= 11 is 0. The topological polar surface area (TPSA) is 70.2 Å². The summed E-state index contributed by atoms with van der Waals surface area (Å²) < 4.78 is 0. The Morgan fingerprint density at radius 1 is 1.00 bits per heavy atom. The number of amides is 3. The quantitative estimate of drug-likeness (QED) is 0.717. The molecule has 0 unspecified atom stereocenters. The van der Waals surface area contributed by atoms with Gasteiger partial charge in [0.2, 0.25) is 5.91 Å². The third kappa shape index (κ3) is 5.64. The van der Waals surface area contributed by atoms with Crippen LogP contribution in [0.15, 0.2) is 24.3 Å². The fourth-order valence-electron chi connectivity index (χ4n) is 2.57. The van der Waals surface area contributed by atoms with Crippen LogP contribution in [0.4, 0.5) is 4.79 Å². The first-order valence-corrected chi connectivity index (χ1v) is 8.68. The molecule has 134 valence electrons. The zero-order valence-electron chi connectivity index (χ0n) is 15.6. The Kier molecular flexibility index (Phi) is 7.92. The molecule has 0 bridgehead atoms. The zero-order chi connectivity index (χ0) is 18.3. The van der Waals surface area contributed by atoms with Gasteiger partial charge in [0.15, 0.2) is 0 Å². The van der Waals surface area contributed by atoms with Crippen LogP contribution in [0.3, 0.4) is 0 Å². The molecular weight excluding hydrogens is 302 g/mol. The molecular formula is C19H31N3O2. The number of benzene rings is 1. The maximum atomic E-state index is 12.0. The molecule has 0 aliphatic carbocycles. The van der Waals surface area contributed by atoms with Gasteiger partial charge in [0.05, 0.1) is 6.04 Å². The molecule has 0 radical (unpaired) electrons. The van der Waals surface area contributed by atoms with Crippen molar-refractivity contribution in [3.8, 4) is 0 Å². The summed E-state index contributed by atoms with van der Waals surface area (Å²) in [4.78, 5) is 23.3. The molecule has 0 saturated heterocycles. The Labute approximate surface area is 145 Å². The average molecular weight is 333 g/mol. The fourth-order valence-corrected chi connectivity index (χ4v) is 2.57. The van der Waals surface area contributed by atoms with Crippen LogP contribution < -0.4 is 16.0 Å². The predicted molar refractivity (Wildman–Crippen MR) is 97.9 cm³/mol. The monoisotopic (exact) mass is 333 g/mol. The molecule has 3 atom stereocenters. The number of rotatable bonds is 7. The summed E-state index contributed by atoms with van der Waals surface area (Å²) in [6.45, 7) is 10.4. The number of hydrogen-bond acceptors (Lipinski definition) is 3. The molecule has 3 amide bonds. The summed E-state index contributed by atoms with van der Waals surface area (Å²) in [7, 11) is 1.48. The SMILES string of the molecule is CC[C@H](C)c1ccc([C@@H](N[C@@H](C)C(=O)NC(=O)NC)C(C)C)cc1. The van der Waals surface area contributed by atoms with Crippen LogP contribution in [-0.4, -0.2) is 25.0 Å². The van der Waals surface area contributed by atoms with Gasteiger partial charge in [-0.2, -0.15) is 0 Å². The molecule has 5 nitrogen and oxygen atoms in total. The molecule has 0 spiro atoms. The Hall–Kier alpha value is -1.88. The third-order valence-electron chi connectivity index (χ3n) is 4.43. The maximum Gasteiger partial charge on any atom is 0.321 e. The fraction of sp³-hybridized carbons (Fsp3) is 0.579. The molecule has 0 heterocycles. The van der Waals surface area contributed by atoms with Gasteiger partial charge in [-0.3, -0.25) is 15.4 Å². The molecule has 5 heteroatoms. The first-order valence-electron chi connectivity index (χ1n) is 8.68. The van der Waals surface area contributed by atoms with E-state index < -0.39 is 12.1 Å². The van der Waals surface area contributed by atoms with Gasteiger partial charge in [-0.1, -0.05) is 52.0 Å². The lowest BCUT2D eigenvalue weighted by molar-refractivity contribution is -0.121. The molecule has 24 heavy (non-hydrogen) atoms. The van der Waals surface area contributed by atoms with E-state index in [4.69, 9.17) is 0 Å². The van der Waals surface area contributed by atoms with E-state index in [-0.39, 0.29) is 11.9 Å². The Morgan fingerprint density at radius 3 is 2.00 bits per heavy atom. The molecule has 1 rings (SSSR count). The van der Waals surface area contributed by atoms with Crippen molar-refractivity contribution in [2.75, 3.05) is 7.05 Å². The minimum absolute atomic E-state index is 0.0430. The van der Waals surface area contributed by atoms with E-state index in [9.17, 15) is 9.59 Å². The summed E-state index contributed by atoms with van der Waals surface area (Å²) in [5.74, 6) is 0.521. The first kappa shape index (κ1) is 20.2. The van der Waals surface area contributed by atoms with E-state index in [0.29, 0.717) is 11.8 Å². The number of carbonyl (C=O) groups excluding carboxylic acids is 2. The molecule has 0 aliphatic heterocycles. The van der Waals surface area contributed by atoms with Crippen LogP contribution in [0.25, 0.3) is 0 Å². The first-order chi connectivity index (χ1) is 11.3. The van der Waals surface area contributed by atoms with Crippen molar-refractivity contribution in [1.82, 2.24) is 16.0 Å². The standard InChI is InChI=1S/C19H31N3O2/c1-7-13(4)15-8-10-16(11-9-15)17(12(2)3)21-14(5)18(23)22-19(24)20-6/h8-14,17,21H,7H2,1-6H3,(H2,20,22,23,24)/t13-,14-,17-/m0/s1. The minimum Gasteiger partial charge on any atom is -0.341 e. The van der Waals surface area contributed by atoms with Gasteiger partial charge in [0, 0.05) is 13.1 Å². The second kappa shape index (κ2) is 9.42. The molecule has 1 aromatic carbocycles. The van der Waals surface area contributed by atoms with Gasteiger partial charge in [0.1, 0.15) is 0 Å². The highest BCUT2D eigenvalue weighted by molar-refractivity contribution is 5.96. The molecule has 0 saturated carbocycles. The van der Waals surface area contributed by atoms with Crippen molar-refractivity contribution in [2.45, 2.75) is 59.0 Å². The number of hydrogen-bond donors (Lipinski definition) is 3. The smallest absolute Gasteiger partial charge is 0.321 e. The zero-order valence-corrected chi connectivity index (χ0v) is 15.6. The van der Waals surface area contributed by atoms with E-state index in [1.165, 1.54) is 12.6 Å². The largest absolute Gasteiger partial charge is 0.341 e. The van der Waals surface area contributed by atoms with E-state index in [1.807, 2.05) is 0 Å². The molecule has 0 aliphatic rings. The highest BCUT2D eigenvalue weighted by Gasteiger charge is 2.22. The third-order valence-corrected chi connectivity index (χ3v) is 4.43. The lowest BCUT2D eigenvalue weighted by Gasteiger charge is -2.26. The van der Waals surface area contributed by atoms with Gasteiger partial charge in [-0.15, -0.1) is 0 Å². The Balaban J connectivity index is 2.83. The van der Waals surface area contributed by atoms with Crippen LogP contribution in [0, 0.1) is 5.92 Å². The van der Waals surface area contributed by atoms with E-state index >= 15 is 0 Å². The van der Waals surface area contributed by atoms with Gasteiger partial charge < -0.3 is 5.32 Å². The van der Waals surface area contributed by atoms with Gasteiger partial charge >= 0.3 is 6.03 Å². The van der Waals surface area contributed by atoms with Gasteiger partial charge in [0.25, 0.3) is 0 Å². The molecule has 3 N–H and O–H groups in total. The van der Waals surface area contributed by atoms with Crippen molar-refractivity contribution in [2.24, 2.45) is 5.92 Å². The Morgan fingerprint density at radius 2 is 1.54 bits per heavy atom. The Bertz CT molecular complexity index is 540. The highest BCUT2D eigenvalue weighted by Crippen LogP contribution is 2.25. The summed E-state index contributed by atoms with van der Waals surface area (Å²) in [6.07, 6.45) is 1.11. The van der Waals surface area contributed by atoms with E-state index in [1.54, 1.807) is 6.92 Å². The highest BCUT2D eigenvalue weighted by atomic mass is 16.2. The summed E-state index contributed by atoms with van der Waals surface area (Å²) in [5, 5.41) is 8.02. The second-order valence-corrected chi connectivity index (χ2v) is 6.65. The van der Waals surface area contributed by atoms with Crippen LogP contribution >= 0.6 is 0 Å². The van der Waals surface area contributed by atoms with Crippen molar-refractivity contribution < 1.29 is 9.59 Å². The predicted octanol–water partition coefficient (Wildman–Crippen LogP) is 3.33. The molecule has 0 fully saturated rings. The van der Waals surface area contributed by atoms with Crippen LogP contribution in [0.2, 0.25) is 0 Å². The van der Waals surface area contributed by atoms with Crippen molar-refractivity contribution in [3.63, 3.8) is 0 Å². The van der Waals surface area contributed by atoms with Crippen molar-refractivity contribution >= 4 is 11.9 Å². The minimum atomic E-state index is -0.493. The van der Waals surface area contributed by atoms with E-state index in [2.05, 4.69) is 67.9 Å². The second-order valence-electron chi connectivity index (χ2n) is 6.65. The number of carbonyl (C=O) groups is 2. The normalized spacial score (nSPS) is 14.8. The number of nitrogens with one attached hydrogen (secondary N) is 3. The average Bonchev–Trinajstić information content (AvgIpc) is 2.58. The summed E-state index contributed by atoms with van der Waals surface area (Å²) in [6, 6.07) is 7.66. The van der Waals surface area contributed by atoms with Crippen LogP contribution in [0.5, 0.6) is 0 Å². The van der Waals surface area contributed by atoms with Crippen molar-refractivity contribution in [1.29, 1.82) is 0 Å². The molecule has 0 aromatic heterocycles.